The highest BCUT2D eigenvalue weighted by Crippen LogP contribution is 2.39. The van der Waals surface area contributed by atoms with Crippen molar-refractivity contribution in [3.05, 3.63) is 40.0 Å². The van der Waals surface area contributed by atoms with E-state index in [-0.39, 0.29) is 0 Å². The molecule has 8 nitrogen and oxygen atoms in total. The minimum Gasteiger partial charge on any atom is -0.359 e. The number of rotatable bonds is 6. The Kier molecular flexibility index (Phi) is 3.93. The average molecular weight is 390 g/mol. The van der Waals surface area contributed by atoms with E-state index in [0.29, 0.717) is 24.2 Å². The fourth-order valence-corrected chi connectivity index (χ4v) is 2.62. The smallest absolute Gasteiger partial charge is 0.225 e. The van der Waals surface area contributed by atoms with Crippen molar-refractivity contribution in [2.24, 2.45) is 0 Å². The minimum absolute atomic E-state index is 0.468. The summed E-state index contributed by atoms with van der Waals surface area (Å²) in [5.41, 5.74) is 2.01. The molecule has 0 radical (unpaired) electrons. The summed E-state index contributed by atoms with van der Waals surface area (Å²) in [5, 5.41) is 17.5. The van der Waals surface area contributed by atoms with E-state index in [1.54, 1.807) is 6.20 Å². The molecule has 0 spiro atoms. The van der Waals surface area contributed by atoms with Crippen molar-refractivity contribution in [1.29, 1.82) is 0 Å². The highest BCUT2D eigenvalue weighted by molar-refractivity contribution is 9.10. The Hall–Kier alpha value is -2.42. The number of anilines is 3. The van der Waals surface area contributed by atoms with Crippen LogP contribution in [0.3, 0.4) is 0 Å². The van der Waals surface area contributed by atoms with Crippen LogP contribution < -0.4 is 10.6 Å². The normalized spacial score (nSPS) is 13.9. The SMILES string of the molecule is Cc1cc(CNc2ncc(Br)c(Nc3cc(C4CC4)[nH]n3)n2)on1. The second-order valence-corrected chi connectivity index (χ2v) is 6.64. The van der Waals surface area contributed by atoms with E-state index in [9.17, 15) is 0 Å². The molecule has 0 bridgehead atoms. The molecule has 24 heavy (non-hydrogen) atoms. The van der Waals surface area contributed by atoms with E-state index in [1.807, 2.05) is 19.1 Å². The first kappa shape index (κ1) is 15.1. The topological polar surface area (TPSA) is 105 Å². The molecule has 0 unspecified atom stereocenters. The summed E-state index contributed by atoms with van der Waals surface area (Å²) in [7, 11) is 0. The summed E-state index contributed by atoms with van der Waals surface area (Å²) in [4.78, 5) is 8.71. The molecule has 3 aromatic heterocycles. The molecule has 0 amide bonds. The summed E-state index contributed by atoms with van der Waals surface area (Å²) < 4.78 is 5.92. The van der Waals surface area contributed by atoms with Gasteiger partial charge in [0, 0.05) is 29.9 Å². The van der Waals surface area contributed by atoms with Crippen molar-refractivity contribution in [3.63, 3.8) is 0 Å². The van der Waals surface area contributed by atoms with Crippen LogP contribution in [-0.4, -0.2) is 25.3 Å². The Morgan fingerprint density at radius 3 is 3.00 bits per heavy atom. The molecule has 3 aromatic rings. The van der Waals surface area contributed by atoms with E-state index in [0.717, 1.165) is 21.7 Å². The van der Waals surface area contributed by atoms with Gasteiger partial charge in [-0.2, -0.15) is 10.1 Å². The molecule has 124 valence electrons. The maximum atomic E-state index is 5.16. The summed E-state index contributed by atoms with van der Waals surface area (Å²) >= 11 is 3.45. The van der Waals surface area contributed by atoms with Gasteiger partial charge in [0.15, 0.2) is 17.4 Å². The summed E-state index contributed by atoms with van der Waals surface area (Å²) in [6.07, 6.45) is 4.15. The molecule has 1 saturated carbocycles. The lowest BCUT2D eigenvalue weighted by atomic mass is 10.3. The highest BCUT2D eigenvalue weighted by Gasteiger charge is 2.25. The van der Waals surface area contributed by atoms with E-state index in [4.69, 9.17) is 4.52 Å². The predicted octanol–water partition coefficient (Wildman–Crippen LogP) is 3.49. The van der Waals surface area contributed by atoms with Gasteiger partial charge in [-0.3, -0.25) is 5.10 Å². The molecule has 1 aliphatic rings. The third-order valence-electron chi connectivity index (χ3n) is 3.70. The van der Waals surface area contributed by atoms with Crippen LogP contribution in [0.15, 0.2) is 27.3 Å². The number of hydrogen-bond acceptors (Lipinski definition) is 7. The second-order valence-electron chi connectivity index (χ2n) is 5.79. The Labute approximate surface area is 146 Å². The van der Waals surface area contributed by atoms with Gasteiger partial charge in [0.25, 0.3) is 0 Å². The van der Waals surface area contributed by atoms with Gasteiger partial charge >= 0.3 is 0 Å². The van der Waals surface area contributed by atoms with E-state index in [2.05, 4.69) is 51.9 Å². The van der Waals surface area contributed by atoms with Crippen LogP contribution in [0, 0.1) is 6.92 Å². The van der Waals surface area contributed by atoms with Gasteiger partial charge in [0.05, 0.1) is 16.7 Å². The summed E-state index contributed by atoms with van der Waals surface area (Å²) in [5.74, 6) is 3.25. The zero-order chi connectivity index (χ0) is 16.5. The quantitative estimate of drug-likeness (QED) is 0.592. The fraction of sp³-hybridized carbons (Fsp3) is 0.333. The lowest BCUT2D eigenvalue weighted by molar-refractivity contribution is 0.384. The minimum atomic E-state index is 0.468. The summed E-state index contributed by atoms with van der Waals surface area (Å²) in [6.45, 7) is 2.35. The fourth-order valence-electron chi connectivity index (χ4n) is 2.33. The molecule has 9 heteroatoms. The van der Waals surface area contributed by atoms with E-state index >= 15 is 0 Å². The van der Waals surface area contributed by atoms with Crippen LogP contribution in [-0.2, 0) is 6.54 Å². The molecule has 1 aliphatic carbocycles. The van der Waals surface area contributed by atoms with Gasteiger partial charge < -0.3 is 15.2 Å². The monoisotopic (exact) mass is 389 g/mol. The standard InChI is InChI=1S/C15H16BrN7O/c1-8-4-10(24-23-8)6-17-15-18-7-11(16)14(20-15)19-13-5-12(21-22-13)9-2-3-9/h4-5,7,9H,2-3,6H2,1H3,(H3,17,18,19,20,21,22). The molecule has 3 heterocycles. The molecule has 0 aromatic carbocycles. The van der Waals surface area contributed by atoms with Gasteiger partial charge in [0.2, 0.25) is 5.95 Å². The van der Waals surface area contributed by atoms with Crippen molar-refractivity contribution in [1.82, 2.24) is 25.3 Å². The summed E-state index contributed by atoms with van der Waals surface area (Å²) in [6, 6.07) is 3.89. The van der Waals surface area contributed by atoms with Gasteiger partial charge in [-0.25, -0.2) is 4.98 Å². The first-order valence-corrected chi connectivity index (χ1v) is 8.47. The largest absolute Gasteiger partial charge is 0.359 e. The van der Waals surface area contributed by atoms with Crippen LogP contribution in [0.1, 0.15) is 35.9 Å². The van der Waals surface area contributed by atoms with Gasteiger partial charge in [-0.05, 0) is 35.7 Å². The first-order valence-electron chi connectivity index (χ1n) is 7.68. The number of nitrogens with one attached hydrogen (secondary N) is 3. The Morgan fingerprint density at radius 2 is 2.25 bits per heavy atom. The number of H-pyrrole nitrogens is 1. The van der Waals surface area contributed by atoms with Crippen LogP contribution in [0.25, 0.3) is 0 Å². The van der Waals surface area contributed by atoms with Crippen LogP contribution in [0.4, 0.5) is 17.6 Å². The van der Waals surface area contributed by atoms with Crippen molar-refractivity contribution in [2.75, 3.05) is 10.6 Å². The lowest BCUT2D eigenvalue weighted by Crippen LogP contribution is -2.05. The second kappa shape index (κ2) is 6.23. The van der Waals surface area contributed by atoms with Crippen molar-refractivity contribution < 1.29 is 4.52 Å². The number of halogens is 1. The third-order valence-corrected chi connectivity index (χ3v) is 4.28. The zero-order valence-electron chi connectivity index (χ0n) is 13.0. The zero-order valence-corrected chi connectivity index (χ0v) is 14.6. The van der Waals surface area contributed by atoms with Crippen molar-refractivity contribution >= 4 is 33.5 Å². The molecule has 0 saturated heterocycles. The maximum Gasteiger partial charge on any atom is 0.225 e. The molecule has 1 fully saturated rings. The third kappa shape index (κ3) is 3.40. The number of aromatic nitrogens is 5. The molecular formula is C15H16BrN7O. The molecule has 4 rings (SSSR count). The van der Waals surface area contributed by atoms with E-state index in [1.165, 1.54) is 18.5 Å². The van der Waals surface area contributed by atoms with Crippen LogP contribution in [0.2, 0.25) is 0 Å². The highest BCUT2D eigenvalue weighted by atomic mass is 79.9. The number of hydrogen-bond donors (Lipinski definition) is 3. The average Bonchev–Trinajstić information content (AvgIpc) is 3.18. The maximum absolute atomic E-state index is 5.16. The molecule has 0 atom stereocenters. The Bertz CT molecular complexity index is 855. The Morgan fingerprint density at radius 1 is 1.38 bits per heavy atom. The number of aromatic amines is 1. The molecular weight excluding hydrogens is 374 g/mol. The van der Waals surface area contributed by atoms with Crippen molar-refractivity contribution in [2.45, 2.75) is 32.2 Å². The van der Waals surface area contributed by atoms with Gasteiger partial charge in [-0.15, -0.1) is 0 Å². The molecule has 3 N–H and O–H groups in total. The number of aryl methyl sites for hydroxylation is 1. The molecule has 0 aliphatic heterocycles. The number of nitrogens with zero attached hydrogens (tertiary/aromatic N) is 4. The van der Waals surface area contributed by atoms with Crippen LogP contribution in [0.5, 0.6) is 0 Å². The first-order chi connectivity index (χ1) is 11.7. The Balaban J connectivity index is 1.45. The lowest BCUT2D eigenvalue weighted by Gasteiger charge is -2.07. The van der Waals surface area contributed by atoms with Crippen LogP contribution >= 0.6 is 15.9 Å². The van der Waals surface area contributed by atoms with Gasteiger partial charge in [0.1, 0.15) is 0 Å². The van der Waals surface area contributed by atoms with Crippen molar-refractivity contribution in [3.8, 4) is 0 Å². The van der Waals surface area contributed by atoms with E-state index < -0.39 is 0 Å². The van der Waals surface area contributed by atoms with Gasteiger partial charge in [-0.1, -0.05) is 5.16 Å². The predicted molar refractivity (Wildman–Crippen MR) is 92.1 cm³/mol.